The minimum absolute atomic E-state index is 0.127. The van der Waals surface area contributed by atoms with Crippen molar-refractivity contribution in [2.75, 3.05) is 11.9 Å². The quantitative estimate of drug-likeness (QED) is 0.877. The normalized spacial score (nSPS) is 10.0. The molecule has 0 spiro atoms. The van der Waals surface area contributed by atoms with Gasteiger partial charge in [-0.15, -0.1) is 0 Å². The molecule has 0 bridgehead atoms. The molecule has 0 saturated heterocycles. The number of carbonyl (C=O) groups excluding carboxylic acids is 1. The van der Waals surface area contributed by atoms with Gasteiger partial charge in [-0.3, -0.25) is 5.32 Å². The fraction of sp³-hybridized carbons (Fsp3) is 0.267. The highest BCUT2D eigenvalue weighted by Crippen LogP contribution is 2.19. The summed E-state index contributed by atoms with van der Waals surface area (Å²) in [6, 6.07) is 11.2. The first kappa shape index (κ1) is 15.5. The number of aromatic nitrogens is 2. The van der Waals surface area contributed by atoms with E-state index >= 15 is 0 Å². The molecule has 0 radical (unpaired) electrons. The second kappa shape index (κ2) is 7.24. The number of amides is 1. The van der Waals surface area contributed by atoms with E-state index in [2.05, 4.69) is 10.4 Å². The zero-order valence-corrected chi connectivity index (χ0v) is 12.1. The fourth-order valence-corrected chi connectivity index (χ4v) is 1.95. The Morgan fingerprint density at radius 2 is 2.18 bits per heavy atom. The molecular formula is C15H16N4O3. The predicted molar refractivity (Wildman–Crippen MR) is 79.0 cm³/mol. The van der Waals surface area contributed by atoms with E-state index in [4.69, 9.17) is 15.1 Å². The van der Waals surface area contributed by atoms with E-state index in [1.807, 2.05) is 36.4 Å². The van der Waals surface area contributed by atoms with Gasteiger partial charge in [0.2, 0.25) is 0 Å². The maximum Gasteiger partial charge on any atom is 0.413 e. The minimum atomic E-state index is -0.681. The van der Waals surface area contributed by atoms with Gasteiger partial charge in [-0.05, 0) is 12.5 Å². The number of carbonyl (C=O) groups is 1. The Labute approximate surface area is 127 Å². The number of nitrogens with zero attached hydrogens (tertiary/aromatic N) is 3. The van der Waals surface area contributed by atoms with Crippen LogP contribution in [0.15, 0.2) is 30.3 Å². The molecule has 1 amide bonds. The first-order chi connectivity index (χ1) is 10.7. The predicted octanol–water partition coefficient (Wildman–Crippen LogP) is 1.80. The van der Waals surface area contributed by atoms with Crippen molar-refractivity contribution in [1.82, 2.24) is 9.78 Å². The lowest BCUT2D eigenvalue weighted by Crippen LogP contribution is -2.18. The van der Waals surface area contributed by atoms with E-state index in [-0.39, 0.29) is 31.1 Å². The van der Waals surface area contributed by atoms with E-state index in [9.17, 15) is 4.79 Å². The van der Waals surface area contributed by atoms with E-state index < -0.39 is 6.09 Å². The fourth-order valence-electron chi connectivity index (χ4n) is 1.95. The van der Waals surface area contributed by atoms with Crippen LogP contribution in [0, 0.1) is 18.3 Å². The number of rotatable bonds is 5. The maximum atomic E-state index is 11.9. The zero-order chi connectivity index (χ0) is 15.9. The molecule has 114 valence electrons. The second-order valence-electron chi connectivity index (χ2n) is 4.55. The van der Waals surface area contributed by atoms with Crippen molar-refractivity contribution in [3.8, 4) is 6.07 Å². The van der Waals surface area contributed by atoms with Crippen LogP contribution < -0.4 is 5.32 Å². The van der Waals surface area contributed by atoms with E-state index in [1.54, 1.807) is 6.92 Å². The molecule has 1 heterocycles. The Balaban J connectivity index is 2.06. The number of ether oxygens (including phenoxy) is 1. The van der Waals surface area contributed by atoms with Gasteiger partial charge in [-0.1, -0.05) is 30.3 Å². The molecule has 22 heavy (non-hydrogen) atoms. The van der Waals surface area contributed by atoms with Gasteiger partial charge < -0.3 is 9.84 Å². The van der Waals surface area contributed by atoms with E-state index in [0.717, 1.165) is 5.56 Å². The average Bonchev–Trinajstić information content (AvgIpc) is 2.81. The number of nitriles is 1. The van der Waals surface area contributed by atoms with Crippen LogP contribution >= 0.6 is 0 Å². The molecule has 0 saturated carbocycles. The van der Waals surface area contributed by atoms with Gasteiger partial charge in [-0.25, -0.2) is 9.48 Å². The van der Waals surface area contributed by atoms with Crippen LogP contribution in [0.3, 0.4) is 0 Å². The Morgan fingerprint density at radius 1 is 1.45 bits per heavy atom. The summed E-state index contributed by atoms with van der Waals surface area (Å²) in [6.45, 7) is 1.81. The molecule has 2 aromatic rings. The van der Waals surface area contributed by atoms with Crippen LogP contribution in [0.4, 0.5) is 10.6 Å². The van der Waals surface area contributed by atoms with Crippen molar-refractivity contribution >= 4 is 11.9 Å². The standard InChI is InChI=1S/C15H16N4O3/c1-11-13(9-16)14(19(18-11)7-8-20)17-15(21)22-10-12-5-3-2-4-6-12/h2-6,20H,7-8,10H2,1H3,(H,17,21). The van der Waals surface area contributed by atoms with Gasteiger partial charge in [0.25, 0.3) is 0 Å². The largest absolute Gasteiger partial charge is 0.444 e. The molecule has 7 heteroatoms. The lowest BCUT2D eigenvalue weighted by Gasteiger charge is -2.09. The highest BCUT2D eigenvalue weighted by molar-refractivity contribution is 5.85. The summed E-state index contributed by atoms with van der Waals surface area (Å²) >= 11 is 0. The summed E-state index contributed by atoms with van der Waals surface area (Å²) in [5, 5.41) is 24.8. The van der Waals surface area contributed by atoms with Gasteiger partial charge in [0, 0.05) is 0 Å². The van der Waals surface area contributed by atoms with Crippen LogP contribution in [0.5, 0.6) is 0 Å². The molecule has 0 atom stereocenters. The molecular weight excluding hydrogens is 284 g/mol. The molecule has 2 rings (SSSR count). The zero-order valence-electron chi connectivity index (χ0n) is 12.1. The number of benzene rings is 1. The maximum absolute atomic E-state index is 11.9. The van der Waals surface area contributed by atoms with Gasteiger partial charge >= 0.3 is 6.09 Å². The Bertz CT molecular complexity index is 689. The Morgan fingerprint density at radius 3 is 2.82 bits per heavy atom. The van der Waals surface area contributed by atoms with Crippen molar-refractivity contribution in [3.05, 3.63) is 47.2 Å². The molecule has 0 aliphatic heterocycles. The smallest absolute Gasteiger partial charge is 0.413 e. The number of nitrogens with one attached hydrogen (secondary N) is 1. The summed E-state index contributed by atoms with van der Waals surface area (Å²) in [4.78, 5) is 11.9. The topological polar surface area (TPSA) is 100 Å². The first-order valence-electron chi connectivity index (χ1n) is 6.71. The third-order valence-electron chi connectivity index (χ3n) is 2.98. The second-order valence-corrected chi connectivity index (χ2v) is 4.55. The number of hydrogen-bond donors (Lipinski definition) is 2. The Kier molecular flexibility index (Phi) is 5.11. The summed E-state index contributed by atoms with van der Waals surface area (Å²) in [7, 11) is 0. The monoisotopic (exact) mass is 300 g/mol. The third-order valence-corrected chi connectivity index (χ3v) is 2.98. The first-order valence-corrected chi connectivity index (χ1v) is 6.71. The van der Waals surface area contributed by atoms with Crippen molar-refractivity contribution in [1.29, 1.82) is 5.26 Å². The van der Waals surface area contributed by atoms with E-state index in [0.29, 0.717) is 5.69 Å². The number of aryl methyl sites for hydroxylation is 1. The molecule has 0 aliphatic carbocycles. The molecule has 0 fully saturated rings. The summed E-state index contributed by atoms with van der Waals surface area (Å²) in [5.41, 5.74) is 1.60. The van der Waals surface area contributed by atoms with Crippen molar-refractivity contribution in [2.45, 2.75) is 20.1 Å². The van der Waals surface area contributed by atoms with Crippen molar-refractivity contribution in [2.24, 2.45) is 0 Å². The average molecular weight is 300 g/mol. The summed E-state index contributed by atoms with van der Waals surface area (Å²) in [5.74, 6) is 0.229. The van der Waals surface area contributed by atoms with Crippen LogP contribution in [-0.4, -0.2) is 27.6 Å². The van der Waals surface area contributed by atoms with Crippen LogP contribution in [-0.2, 0) is 17.9 Å². The number of anilines is 1. The molecule has 0 unspecified atom stereocenters. The van der Waals surface area contributed by atoms with Crippen LogP contribution in [0.1, 0.15) is 16.8 Å². The van der Waals surface area contributed by atoms with Crippen LogP contribution in [0.25, 0.3) is 0 Å². The Hall–Kier alpha value is -2.85. The van der Waals surface area contributed by atoms with Crippen LogP contribution in [0.2, 0.25) is 0 Å². The van der Waals surface area contributed by atoms with Gasteiger partial charge in [-0.2, -0.15) is 10.4 Å². The van der Waals surface area contributed by atoms with Crippen molar-refractivity contribution in [3.63, 3.8) is 0 Å². The highest BCUT2D eigenvalue weighted by Gasteiger charge is 2.17. The van der Waals surface area contributed by atoms with Crippen molar-refractivity contribution < 1.29 is 14.6 Å². The molecule has 2 N–H and O–H groups in total. The van der Waals surface area contributed by atoms with E-state index in [1.165, 1.54) is 4.68 Å². The summed E-state index contributed by atoms with van der Waals surface area (Å²) < 4.78 is 6.48. The molecule has 7 nitrogen and oxygen atoms in total. The third kappa shape index (κ3) is 3.62. The molecule has 1 aromatic heterocycles. The minimum Gasteiger partial charge on any atom is -0.444 e. The molecule has 1 aromatic carbocycles. The summed E-state index contributed by atoms with van der Waals surface area (Å²) in [6.07, 6.45) is -0.681. The van der Waals surface area contributed by atoms with Gasteiger partial charge in [0.15, 0.2) is 5.82 Å². The van der Waals surface area contributed by atoms with Gasteiger partial charge in [0.05, 0.1) is 18.8 Å². The SMILES string of the molecule is Cc1nn(CCO)c(NC(=O)OCc2ccccc2)c1C#N. The number of aliphatic hydroxyl groups is 1. The lowest BCUT2D eigenvalue weighted by atomic mass is 10.2. The highest BCUT2D eigenvalue weighted by atomic mass is 16.5. The number of aliphatic hydroxyl groups excluding tert-OH is 1. The lowest BCUT2D eigenvalue weighted by molar-refractivity contribution is 0.154. The van der Waals surface area contributed by atoms with Gasteiger partial charge in [0.1, 0.15) is 18.2 Å². The number of hydrogen-bond acceptors (Lipinski definition) is 5. The molecule has 0 aliphatic rings.